The van der Waals surface area contributed by atoms with E-state index in [2.05, 4.69) is 56.7 Å². The van der Waals surface area contributed by atoms with Crippen LogP contribution in [0.25, 0.3) is 11.0 Å². The Kier molecular flexibility index (Phi) is 3.13. The molecule has 1 aromatic heterocycles. The summed E-state index contributed by atoms with van der Waals surface area (Å²) < 4.78 is 2.16. The van der Waals surface area contributed by atoms with Crippen LogP contribution in [0.15, 0.2) is 18.2 Å². The summed E-state index contributed by atoms with van der Waals surface area (Å²) in [5.41, 5.74) is 3.40. The standard InChI is InChI=1S/C15H19N3/c1-15(2,3)14-17-12-10-11(6-5-9-16)7-8-13(12)18(14)4/h7-8,10H,5-6H2,1-4H3. The predicted molar refractivity (Wildman–Crippen MR) is 73.3 cm³/mol. The quantitative estimate of drug-likeness (QED) is 0.809. The van der Waals surface area contributed by atoms with Gasteiger partial charge in [-0.25, -0.2) is 4.98 Å². The van der Waals surface area contributed by atoms with Gasteiger partial charge in [0.1, 0.15) is 5.82 Å². The van der Waals surface area contributed by atoms with Crippen LogP contribution in [0.1, 0.15) is 38.6 Å². The predicted octanol–water partition coefficient (Wildman–Crippen LogP) is 3.33. The average Bonchev–Trinajstić information content (AvgIpc) is 2.63. The first-order valence-corrected chi connectivity index (χ1v) is 6.26. The Morgan fingerprint density at radius 2 is 2.06 bits per heavy atom. The second-order valence-electron chi connectivity index (χ2n) is 5.73. The maximum Gasteiger partial charge on any atom is 0.115 e. The summed E-state index contributed by atoms with van der Waals surface area (Å²) in [5.74, 6) is 1.09. The number of benzene rings is 1. The van der Waals surface area contributed by atoms with Crippen molar-refractivity contribution in [3.63, 3.8) is 0 Å². The van der Waals surface area contributed by atoms with E-state index in [4.69, 9.17) is 10.2 Å². The first-order chi connectivity index (χ1) is 8.43. The third kappa shape index (κ3) is 2.24. The molecule has 0 amide bonds. The Morgan fingerprint density at radius 3 is 2.67 bits per heavy atom. The highest BCUT2D eigenvalue weighted by Crippen LogP contribution is 2.25. The number of hydrogen-bond acceptors (Lipinski definition) is 2. The number of nitrogens with zero attached hydrogens (tertiary/aromatic N) is 3. The van der Waals surface area contributed by atoms with Crippen molar-refractivity contribution < 1.29 is 0 Å². The van der Waals surface area contributed by atoms with Crippen molar-refractivity contribution in [3.8, 4) is 6.07 Å². The minimum Gasteiger partial charge on any atom is -0.331 e. The van der Waals surface area contributed by atoms with E-state index < -0.39 is 0 Å². The van der Waals surface area contributed by atoms with E-state index in [1.807, 2.05) is 0 Å². The van der Waals surface area contributed by atoms with Crippen molar-refractivity contribution in [2.24, 2.45) is 7.05 Å². The van der Waals surface area contributed by atoms with E-state index >= 15 is 0 Å². The van der Waals surface area contributed by atoms with Gasteiger partial charge in [-0.15, -0.1) is 0 Å². The highest BCUT2D eigenvalue weighted by Gasteiger charge is 2.21. The molecule has 2 rings (SSSR count). The van der Waals surface area contributed by atoms with Crippen LogP contribution < -0.4 is 0 Å². The van der Waals surface area contributed by atoms with Gasteiger partial charge in [0.2, 0.25) is 0 Å². The summed E-state index contributed by atoms with van der Waals surface area (Å²) in [4.78, 5) is 4.73. The van der Waals surface area contributed by atoms with Crippen molar-refractivity contribution in [2.75, 3.05) is 0 Å². The molecule has 94 valence electrons. The van der Waals surface area contributed by atoms with Gasteiger partial charge in [0, 0.05) is 18.9 Å². The summed E-state index contributed by atoms with van der Waals surface area (Å²) in [5, 5.41) is 8.63. The number of fused-ring (bicyclic) bond motifs is 1. The molecule has 18 heavy (non-hydrogen) atoms. The van der Waals surface area contributed by atoms with E-state index in [1.54, 1.807) is 0 Å². The highest BCUT2D eigenvalue weighted by molar-refractivity contribution is 5.77. The lowest BCUT2D eigenvalue weighted by Crippen LogP contribution is -2.17. The molecule has 0 unspecified atom stereocenters. The molecule has 1 heterocycles. The van der Waals surface area contributed by atoms with Gasteiger partial charge < -0.3 is 4.57 Å². The summed E-state index contributed by atoms with van der Waals surface area (Å²) in [7, 11) is 2.06. The second-order valence-corrected chi connectivity index (χ2v) is 5.73. The zero-order valence-corrected chi connectivity index (χ0v) is 11.5. The van der Waals surface area contributed by atoms with Crippen LogP contribution in [0.3, 0.4) is 0 Å². The lowest BCUT2D eigenvalue weighted by atomic mass is 9.96. The molecule has 0 radical (unpaired) electrons. The van der Waals surface area contributed by atoms with E-state index in [-0.39, 0.29) is 5.41 Å². The minimum absolute atomic E-state index is 0.0422. The fourth-order valence-corrected chi connectivity index (χ4v) is 2.27. The molecule has 0 aliphatic heterocycles. The summed E-state index contributed by atoms with van der Waals surface area (Å²) in [6.07, 6.45) is 1.36. The van der Waals surface area contributed by atoms with Gasteiger partial charge >= 0.3 is 0 Å². The number of aryl methyl sites for hydroxylation is 2. The molecule has 0 N–H and O–H groups in total. The van der Waals surface area contributed by atoms with Gasteiger partial charge in [0.25, 0.3) is 0 Å². The molecule has 0 spiro atoms. The van der Waals surface area contributed by atoms with Crippen LogP contribution in [-0.4, -0.2) is 9.55 Å². The molecule has 1 aromatic carbocycles. The second kappa shape index (κ2) is 4.45. The fraction of sp³-hybridized carbons (Fsp3) is 0.467. The number of aromatic nitrogens is 2. The molecule has 0 fully saturated rings. The molecule has 0 saturated carbocycles. The van der Waals surface area contributed by atoms with Gasteiger partial charge in [-0.05, 0) is 24.1 Å². The van der Waals surface area contributed by atoms with Gasteiger partial charge in [0.05, 0.1) is 17.1 Å². The van der Waals surface area contributed by atoms with Crippen LogP contribution >= 0.6 is 0 Å². The van der Waals surface area contributed by atoms with E-state index in [0.29, 0.717) is 6.42 Å². The molecular weight excluding hydrogens is 222 g/mol. The third-order valence-corrected chi connectivity index (χ3v) is 3.14. The lowest BCUT2D eigenvalue weighted by molar-refractivity contribution is 0.526. The van der Waals surface area contributed by atoms with Crippen LogP contribution in [0.4, 0.5) is 0 Å². The lowest BCUT2D eigenvalue weighted by Gasteiger charge is -2.17. The molecule has 0 atom stereocenters. The Labute approximate surface area is 108 Å². The van der Waals surface area contributed by atoms with Crippen LogP contribution in [-0.2, 0) is 18.9 Å². The van der Waals surface area contributed by atoms with Crippen molar-refractivity contribution in [3.05, 3.63) is 29.6 Å². The van der Waals surface area contributed by atoms with Crippen LogP contribution in [0.2, 0.25) is 0 Å². The normalized spacial score (nSPS) is 11.7. The average molecular weight is 241 g/mol. The van der Waals surface area contributed by atoms with Crippen molar-refractivity contribution in [2.45, 2.75) is 39.0 Å². The Bertz CT molecular complexity index is 609. The Morgan fingerprint density at radius 1 is 1.33 bits per heavy atom. The Hall–Kier alpha value is -1.82. The molecule has 2 aromatic rings. The van der Waals surface area contributed by atoms with Crippen LogP contribution in [0, 0.1) is 11.3 Å². The van der Waals surface area contributed by atoms with Crippen LogP contribution in [0.5, 0.6) is 0 Å². The van der Waals surface area contributed by atoms with Crippen molar-refractivity contribution in [1.82, 2.24) is 9.55 Å². The zero-order chi connectivity index (χ0) is 13.3. The smallest absolute Gasteiger partial charge is 0.115 e. The molecule has 3 nitrogen and oxygen atoms in total. The number of rotatable bonds is 2. The van der Waals surface area contributed by atoms with Crippen molar-refractivity contribution >= 4 is 11.0 Å². The monoisotopic (exact) mass is 241 g/mol. The number of nitriles is 1. The maximum atomic E-state index is 8.63. The fourth-order valence-electron chi connectivity index (χ4n) is 2.27. The molecule has 0 aliphatic rings. The third-order valence-electron chi connectivity index (χ3n) is 3.14. The first-order valence-electron chi connectivity index (χ1n) is 6.26. The zero-order valence-electron chi connectivity index (χ0n) is 11.5. The largest absolute Gasteiger partial charge is 0.331 e. The molecule has 3 heteroatoms. The first kappa shape index (κ1) is 12.6. The number of hydrogen-bond donors (Lipinski definition) is 0. The number of imidazole rings is 1. The van der Waals surface area contributed by atoms with Gasteiger partial charge in [-0.2, -0.15) is 5.26 Å². The minimum atomic E-state index is 0.0422. The summed E-state index contributed by atoms with van der Waals surface area (Å²) in [6.45, 7) is 6.51. The molecule has 0 bridgehead atoms. The Balaban J connectivity index is 2.49. The summed E-state index contributed by atoms with van der Waals surface area (Å²) >= 11 is 0. The SMILES string of the molecule is Cn1c(C(C)(C)C)nc2cc(CCC#N)ccc21. The molecular formula is C15H19N3. The van der Waals surface area contributed by atoms with Gasteiger partial charge in [0.15, 0.2) is 0 Å². The van der Waals surface area contributed by atoms with Gasteiger partial charge in [-0.3, -0.25) is 0 Å². The molecule has 0 saturated heterocycles. The summed E-state index contributed by atoms with van der Waals surface area (Å²) in [6, 6.07) is 8.47. The van der Waals surface area contributed by atoms with E-state index in [1.165, 1.54) is 5.56 Å². The highest BCUT2D eigenvalue weighted by atomic mass is 15.1. The van der Waals surface area contributed by atoms with E-state index in [0.717, 1.165) is 23.3 Å². The topological polar surface area (TPSA) is 41.6 Å². The van der Waals surface area contributed by atoms with E-state index in [9.17, 15) is 0 Å². The van der Waals surface area contributed by atoms with Gasteiger partial charge in [-0.1, -0.05) is 26.8 Å². The maximum absolute atomic E-state index is 8.63. The molecule has 0 aliphatic carbocycles. The van der Waals surface area contributed by atoms with Crippen molar-refractivity contribution in [1.29, 1.82) is 5.26 Å².